The molecule has 1 atom stereocenters. The van der Waals surface area contributed by atoms with Crippen LogP contribution in [0, 0.1) is 11.6 Å². The average Bonchev–Trinajstić information content (AvgIpc) is 2.59. The summed E-state index contributed by atoms with van der Waals surface area (Å²) in [7, 11) is 1.37. The molecule has 2 aromatic carbocycles. The molecule has 0 radical (unpaired) electrons. The van der Waals surface area contributed by atoms with Crippen LogP contribution in [0.25, 0.3) is 6.08 Å². The van der Waals surface area contributed by atoms with Gasteiger partial charge in [-0.15, -0.1) is 0 Å². The Morgan fingerprint density at radius 3 is 2.52 bits per heavy atom. The summed E-state index contributed by atoms with van der Waals surface area (Å²) in [5.74, 6) is -1.25. The van der Waals surface area contributed by atoms with Crippen LogP contribution in [-0.2, 0) is 10.4 Å². The highest BCUT2D eigenvalue weighted by atomic mass is 19.1. The number of aliphatic hydroxyl groups is 1. The molecule has 0 aliphatic rings. The third-order valence-corrected chi connectivity index (χ3v) is 3.68. The van der Waals surface area contributed by atoms with Crippen molar-refractivity contribution in [3.8, 4) is 5.75 Å². The Hall–Kier alpha value is -2.73. The number of rotatable bonds is 6. The number of nitrogens with one attached hydrogen (secondary N) is 1. The fourth-order valence-corrected chi connectivity index (χ4v) is 2.19. The number of amides is 1. The summed E-state index contributed by atoms with van der Waals surface area (Å²) in [4.78, 5) is 11.9. The Morgan fingerprint density at radius 1 is 1.24 bits per heavy atom. The first kappa shape index (κ1) is 18.6. The zero-order chi connectivity index (χ0) is 18.4. The number of methoxy groups -OCH3 is 1. The lowest BCUT2D eigenvalue weighted by Crippen LogP contribution is -2.37. The molecule has 1 unspecified atom stereocenters. The van der Waals surface area contributed by atoms with Crippen LogP contribution >= 0.6 is 0 Å². The first-order valence-corrected chi connectivity index (χ1v) is 7.60. The van der Waals surface area contributed by atoms with E-state index in [0.717, 1.165) is 0 Å². The van der Waals surface area contributed by atoms with Crippen LogP contribution in [-0.4, -0.2) is 24.7 Å². The van der Waals surface area contributed by atoms with Gasteiger partial charge in [0.1, 0.15) is 11.4 Å². The molecule has 0 bridgehead atoms. The summed E-state index contributed by atoms with van der Waals surface area (Å²) in [6.07, 6.45) is 2.69. The van der Waals surface area contributed by atoms with Crippen LogP contribution in [0.5, 0.6) is 5.75 Å². The summed E-state index contributed by atoms with van der Waals surface area (Å²) in [6.45, 7) is 1.46. The van der Waals surface area contributed by atoms with Gasteiger partial charge in [-0.1, -0.05) is 18.2 Å². The zero-order valence-corrected chi connectivity index (χ0v) is 13.9. The summed E-state index contributed by atoms with van der Waals surface area (Å²) in [5.41, 5.74) is -0.363. The topological polar surface area (TPSA) is 58.6 Å². The Morgan fingerprint density at radius 2 is 1.92 bits per heavy atom. The largest absolute Gasteiger partial charge is 0.494 e. The first-order valence-electron chi connectivity index (χ1n) is 7.60. The van der Waals surface area contributed by atoms with E-state index in [4.69, 9.17) is 4.74 Å². The standard InChI is InChI=1S/C19H19F2NO3/c1-19(24,14-5-7-15(20)8-6-14)12-22-18(23)10-4-13-3-9-17(25-2)16(21)11-13/h3-11,24H,12H2,1-2H3,(H,22,23)/b10-4+. The molecule has 0 aliphatic carbocycles. The van der Waals surface area contributed by atoms with E-state index in [-0.39, 0.29) is 12.3 Å². The van der Waals surface area contributed by atoms with Crippen molar-refractivity contribution in [1.82, 2.24) is 5.32 Å². The van der Waals surface area contributed by atoms with E-state index < -0.39 is 23.1 Å². The molecule has 0 saturated carbocycles. The number of hydrogen-bond donors (Lipinski definition) is 2. The lowest BCUT2D eigenvalue weighted by atomic mass is 9.96. The quantitative estimate of drug-likeness (QED) is 0.790. The molecule has 0 spiro atoms. The van der Waals surface area contributed by atoms with E-state index >= 15 is 0 Å². The van der Waals surface area contributed by atoms with Crippen molar-refractivity contribution >= 4 is 12.0 Å². The predicted octanol–water partition coefficient (Wildman–Crippen LogP) is 3.01. The van der Waals surface area contributed by atoms with Gasteiger partial charge in [0.2, 0.25) is 5.91 Å². The van der Waals surface area contributed by atoms with Gasteiger partial charge in [-0.05, 0) is 48.4 Å². The first-order chi connectivity index (χ1) is 11.8. The summed E-state index contributed by atoms with van der Waals surface area (Å²) < 4.78 is 31.3. The Labute approximate surface area is 144 Å². The molecule has 132 valence electrons. The smallest absolute Gasteiger partial charge is 0.244 e. The summed E-state index contributed by atoms with van der Waals surface area (Å²) in [6, 6.07) is 9.71. The maximum Gasteiger partial charge on any atom is 0.244 e. The molecule has 1 amide bonds. The fraction of sp³-hybridized carbons (Fsp3) is 0.211. The van der Waals surface area contributed by atoms with Gasteiger partial charge in [-0.3, -0.25) is 4.79 Å². The third-order valence-electron chi connectivity index (χ3n) is 3.68. The average molecular weight is 347 g/mol. The molecule has 2 aromatic rings. The van der Waals surface area contributed by atoms with Crippen LogP contribution < -0.4 is 10.1 Å². The second-order valence-electron chi connectivity index (χ2n) is 5.73. The monoisotopic (exact) mass is 347 g/mol. The van der Waals surface area contributed by atoms with E-state index in [1.807, 2.05) is 0 Å². The van der Waals surface area contributed by atoms with Gasteiger partial charge < -0.3 is 15.2 Å². The predicted molar refractivity (Wildman–Crippen MR) is 91.0 cm³/mol. The van der Waals surface area contributed by atoms with Crippen molar-refractivity contribution in [1.29, 1.82) is 0 Å². The molecule has 0 aromatic heterocycles. The molecule has 25 heavy (non-hydrogen) atoms. The number of carbonyl (C=O) groups is 1. The van der Waals surface area contributed by atoms with E-state index in [2.05, 4.69) is 5.32 Å². The molecular weight excluding hydrogens is 328 g/mol. The second kappa shape index (κ2) is 7.90. The number of halogens is 2. The molecule has 0 fully saturated rings. The maximum atomic E-state index is 13.6. The number of ether oxygens (including phenoxy) is 1. The van der Waals surface area contributed by atoms with Gasteiger partial charge >= 0.3 is 0 Å². The lowest BCUT2D eigenvalue weighted by Gasteiger charge is -2.23. The van der Waals surface area contributed by atoms with Crippen LogP contribution in [0.1, 0.15) is 18.1 Å². The normalized spacial score (nSPS) is 13.5. The SMILES string of the molecule is COc1ccc(/C=C/C(=O)NCC(C)(O)c2ccc(F)cc2)cc1F. The molecule has 4 nitrogen and oxygen atoms in total. The molecule has 2 N–H and O–H groups in total. The van der Waals surface area contributed by atoms with Crippen molar-refractivity contribution in [2.24, 2.45) is 0 Å². The number of carbonyl (C=O) groups excluding carboxylic acids is 1. The molecule has 0 saturated heterocycles. The van der Waals surface area contributed by atoms with Crippen molar-refractivity contribution in [2.75, 3.05) is 13.7 Å². The highest BCUT2D eigenvalue weighted by molar-refractivity contribution is 5.91. The van der Waals surface area contributed by atoms with E-state index in [0.29, 0.717) is 11.1 Å². The van der Waals surface area contributed by atoms with Gasteiger partial charge in [0.05, 0.1) is 13.7 Å². The van der Waals surface area contributed by atoms with Crippen LogP contribution in [0.2, 0.25) is 0 Å². The molecular formula is C19H19F2NO3. The van der Waals surface area contributed by atoms with Crippen LogP contribution in [0.15, 0.2) is 48.5 Å². The van der Waals surface area contributed by atoms with Crippen molar-refractivity contribution in [3.63, 3.8) is 0 Å². The van der Waals surface area contributed by atoms with E-state index in [1.54, 1.807) is 6.07 Å². The maximum absolute atomic E-state index is 13.6. The van der Waals surface area contributed by atoms with Gasteiger partial charge in [0.15, 0.2) is 11.6 Å². The minimum atomic E-state index is -1.34. The number of hydrogen-bond acceptors (Lipinski definition) is 3. The van der Waals surface area contributed by atoms with Crippen molar-refractivity contribution in [2.45, 2.75) is 12.5 Å². The van der Waals surface area contributed by atoms with Gasteiger partial charge in [0.25, 0.3) is 0 Å². The second-order valence-corrected chi connectivity index (χ2v) is 5.73. The Bertz CT molecular complexity index is 771. The minimum absolute atomic E-state index is 0.0568. The van der Waals surface area contributed by atoms with E-state index in [1.165, 1.54) is 62.6 Å². The van der Waals surface area contributed by atoms with Crippen LogP contribution in [0.3, 0.4) is 0 Å². The molecule has 0 heterocycles. The highest BCUT2D eigenvalue weighted by Crippen LogP contribution is 2.20. The van der Waals surface area contributed by atoms with Crippen molar-refractivity contribution in [3.05, 3.63) is 71.3 Å². The van der Waals surface area contributed by atoms with Crippen LogP contribution in [0.4, 0.5) is 8.78 Å². The minimum Gasteiger partial charge on any atom is -0.494 e. The van der Waals surface area contributed by atoms with E-state index in [9.17, 15) is 18.7 Å². The lowest BCUT2D eigenvalue weighted by molar-refractivity contribution is -0.117. The molecule has 0 aliphatic heterocycles. The zero-order valence-electron chi connectivity index (χ0n) is 13.9. The third kappa shape index (κ3) is 5.12. The van der Waals surface area contributed by atoms with Gasteiger partial charge in [-0.25, -0.2) is 8.78 Å². The highest BCUT2D eigenvalue weighted by Gasteiger charge is 2.23. The molecule has 6 heteroatoms. The Kier molecular flexibility index (Phi) is 5.88. The Balaban J connectivity index is 1.95. The fourth-order valence-electron chi connectivity index (χ4n) is 2.19. The summed E-state index contributed by atoms with van der Waals surface area (Å²) >= 11 is 0. The summed E-state index contributed by atoms with van der Waals surface area (Å²) in [5, 5.41) is 12.9. The van der Waals surface area contributed by atoms with Gasteiger partial charge in [-0.2, -0.15) is 0 Å². The van der Waals surface area contributed by atoms with Crippen molar-refractivity contribution < 1.29 is 23.4 Å². The molecule has 2 rings (SSSR count). The van der Waals surface area contributed by atoms with Gasteiger partial charge in [0, 0.05) is 6.08 Å². The number of benzene rings is 2.